The minimum absolute atomic E-state index is 0.0104. The van der Waals surface area contributed by atoms with Crippen LogP contribution >= 0.6 is 0 Å². The lowest BCUT2D eigenvalue weighted by Crippen LogP contribution is -2.17. The Hall–Kier alpha value is -1.85. The lowest BCUT2D eigenvalue weighted by molar-refractivity contribution is -0.0499. The predicted octanol–water partition coefficient (Wildman–Crippen LogP) is 2.33. The molecular weight excluding hydrogens is 242 g/mol. The van der Waals surface area contributed by atoms with Gasteiger partial charge in [0.05, 0.1) is 5.56 Å². The second-order valence-corrected chi connectivity index (χ2v) is 4.09. The Morgan fingerprint density at radius 3 is 2.78 bits per heavy atom. The molecule has 0 bridgehead atoms. The SMILES string of the molecule is NC(=NOCC1CC1)c1ccccc1OC(F)F. The van der Waals surface area contributed by atoms with Crippen LogP contribution < -0.4 is 10.5 Å². The molecule has 0 saturated heterocycles. The molecule has 2 N–H and O–H groups in total. The molecule has 1 aliphatic rings. The van der Waals surface area contributed by atoms with Gasteiger partial charge >= 0.3 is 6.61 Å². The highest BCUT2D eigenvalue weighted by atomic mass is 19.3. The van der Waals surface area contributed by atoms with E-state index in [1.807, 2.05) is 0 Å². The molecule has 0 unspecified atom stereocenters. The van der Waals surface area contributed by atoms with E-state index < -0.39 is 6.61 Å². The molecule has 0 aliphatic heterocycles. The van der Waals surface area contributed by atoms with Gasteiger partial charge in [0.1, 0.15) is 12.4 Å². The molecule has 98 valence electrons. The Bertz CT molecular complexity index is 434. The van der Waals surface area contributed by atoms with Crippen molar-refractivity contribution in [3.8, 4) is 5.75 Å². The van der Waals surface area contributed by atoms with Gasteiger partial charge in [-0.1, -0.05) is 17.3 Å². The fraction of sp³-hybridized carbons (Fsp3) is 0.417. The minimum atomic E-state index is -2.90. The van der Waals surface area contributed by atoms with Gasteiger partial charge in [-0.15, -0.1) is 0 Å². The Kier molecular flexibility index (Phi) is 3.96. The first-order chi connectivity index (χ1) is 8.66. The third kappa shape index (κ3) is 3.58. The first-order valence-electron chi connectivity index (χ1n) is 5.66. The highest BCUT2D eigenvalue weighted by molar-refractivity contribution is 5.99. The zero-order valence-corrected chi connectivity index (χ0v) is 9.68. The van der Waals surface area contributed by atoms with Gasteiger partial charge < -0.3 is 15.3 Å². The topological polar surface area (TPSA) is 56.8 Å². The highest BCUT2D eigenvalue weighted by Gasteiger charge is 2.22. The summed E-state index contributed by atoms with van der Waals surface area (Å²) in [6.07, 6.45) is 2.28. The molecule has 4 nitrogen and oxygen atoms in total. The first-order valence-corrected chi connectivity index (χ1v) is 5.66. The smallest absolute Gasteiger partial charge is 0.387 e. The van der Waals surface area contributed by atoms with Crippen LogP contribution in [0.2, 0.25) is 0 Å². The van der Waals surface area contributed by atoms with Crippen molar-refractivity contribution in [3.63, 3.8) is 0 Å². The summed E-state index contributed by atoms with van der Waals surface area (Å²) in [6, 6.07) is 6.21. The standard InChI is InChI=1S/C12H14F2N2O2/c13-12(14)18-10-4-2-1-3-9(10)11(15)16-17-7-8-5-6-8/h1-4,8,12H,5-7H2,(H2,15,16). The zero-order valence-electron chi connectivity index (χ0n) is 9.68. The van der Waals surface area contributed by atoms with E-state index in [9.17, 15) is 8.78 Å². The number of halogens is 2. The van der Waals surface area contributed by atoms with Crippen LogP contribution in [0.3, 0.4) is 0 Å². The molecule has 6 heteroatoms. The number of para-hydroxylation sites is 1. The second kappa shape index (κ2) is 5.66. The van der Waals surface area contributed by atoms with Crippen molar-refractivity contribution in [1.82, 2.24) is 0 Å². The van der Waals surface area contributed by atoms with Gasteiger partial charge in [0, 0.05) is 0 Å². The maximum Gasteiger partial charge on any atom is 0.387 e. The molecule has 1 aromatic carbocycles. The van der Waals surface area contributed by atoms with E-state index in [0.717, 1.165) is 12.8 Å². The summed E-state index contributed by atoms with van der Waals surface area (Å²) in [5, 5.41) is 3.71. The number of hydrogen-bond acceptors (Lipinski definition) is 3. The van der Waals surface area contributed by atoms with Crippen LogP contribution in [0.4, 0.5) is 8.78 Å². The lowest BCUT2D eigenvalue weighted by atomic mass is 10.2. The van der Waals surface area contributed by atoms with Crippen LogP contribution in [-0.2, 0) is 4.84 Å². The molecule has 0 radical (unpaired) electrons. The van der Waals surface area contributed by atoms with E-state index in [-0.39, 0.29) is 11.6 Å². The summed E-state index contributed by atoms with van der Waals surface area (Å²) < 4.78 is 28.7. The number of oxime groups is 1. The van der Waals surface area contributed by atoms with E-state index in [2.05, 4.69) is 9.89 Å². The van der Waals surface area contributed by atoms with E-state index in [0.29, 0.717) is 18.1 Å². The molecule has 0 heterocycles. The number of nitrogens with two attached hydrogens (primary N) is 1. The largest absolute Gasteiger partial charge is 0.434 e. The first kappa shape index (κ1) is 12.6. The van der Waals surface area contributed by atoms with Gasteiger partial charge in [0.15, 0.2) is 5.84 Å². The predicted molar refractivity (Wildman–Crippen MR) is 62.5 cm³/mol. The molecule has 0 amide bonds. The number of hydrogen-bond donors (Lipinski definition) is 1. The number of benzene rings is 1. The van der Waals surface area contributed by atoms with E-state index >= 15 is 0 Å². The van der Waals surface area contributed by atoms with Crippen LogP contribution in [0.5, 0.6) is 5.75 Å². The third-order valence-electron chi connectivity index (χ3n) is 2.55. The van der Waals surface area contributed by atoms with Crippen LogP contribution in [0.15, 0.2) is 29.4 Å². The second-order valence-electron chi connectivity index (χ2n) is 4.09. The maximum atomic E-state index is 12.2. The Labute approximate surface area is 103 Å². The number of rotatable bonds is 6. The Morgan fingerprint density at radius 1 is 1.39 bits per heavy atom. The van der Waals surface area contributed by atoms with Gasteiger partial charge in [0.25, 0.3) is 0 Å². The van der Waals surface area contributed by atoms with E-state index in [1.54, 1.807) is 18.2 Å². The fourth-order valence-electron chi connectivity index (χ4n) is 1.42. The van der Waals surface area contributed by atoms with Crippen molar-refractivity contribution in [2.45, 2.75) is 19.5 Å². The lowest BCUT2D eigenvalue weighted by Gasteiger charge is -2.09. The zero-order chi connectivity index (χ0) is 13.0. The number of alkyl halides is 2. The molecule has 1 fully saturated rings. The van der Waals surface area contributed by atoms with Crippen molar-refractivity contribution >= 4 is 5.84 Å². The minimum Gasteiger partial charge on any atom is -0.434 e. The summed E-state index contributed by atoms with van der Waals surface area (Å²) in [4.78, 5) is 5.05. The maximum absolute atomic E-state index is 12.2. The monoisotopic (exact) mass is 256 g/mol. The fourth-order valence-corrected chi connectivity index (χ4v) is 1.42. The van der Waals surface area contributed by atoms with Crippen molar-refractivity contribution in [2.75, 3.05) is 6.61 Å². The molecule has 1 aliphatic carbocycles. The molecule has 2 rings (SSSR count). The number of ether oxygens (including phenoxy) is 1. The number of nitrogens with zero attached hydrogens (tertiary/aromatic N) is 1. The van der Waals surface area contributed by atoms with Crippen LogP contribution in [0.25, 0.3) is 0 Å². The molecular formula is C12H14F2N2O2. The summed E-state index contributed by atoms with van der Waals surface area (Å²) in [7, 11) is 0. The normalized spacial score (nSPS) is 15.8. The summed E-state index contributed by atoms with van der Waals surface area (Å²) in [5.74, 6) is 0.574. The van der Waals surface area contributed by atoms with E-state index in [4.69, 9.17) is 10.6 Å². The third-order valence-corrected chi connectivity index (χ3v) is 2.55. The Balaban J connectivity index is 2.04. The summed E-state index contributed by atoms with van der Waals surface area (Å²) in [6.45, 7) is -2.38. The van der Waals surface area contributed by atoms with Gasteiger partial charge in [-0.25, -0.2) is 0 Å². The van der Waals surface area contributed by atoms with Gasteiger partial charge in [-0.3, -0.25) is 0 Å². The summed E-state index contributed by atoms with van der Waals surface area (Å²) >= 11 is 0. The van der Waals surface area contributed by atoms with Crippen LogP contribution in [0, 0.1) is 5.92 Å². The van der Waals surface area contributed by atoms with Gasteiger partial charge in [0.2, 0.25) is 0 Å². The molecule has 0 spiro atoms. The quantitative estimate of drug-likeness (QED) is 0.483. The number of amidine groups is 1. The molecule has 0 aromatic heterocycles. The van der Waals surface area contributed by atoms with Crippen LogP contribution in [-0.4, -0.2) is 19.1 Å². The van der Waals surface area contributed by atoms with Crippen molar-refractivity contribution in [1.29, 1.82) is 0 Å². The molecule has 1 aromatic rings. The van der Waals surface area contributed by atoms with Gasteiger partial charge in [-0.05, 0) is 30.9 Å². The highest BCUT2D eigenvalue weighted by Crippen LogP contribution is 2.29. The van der Waals surface area contributed by atoms with Crippen LogP contribution in [0.1, 0.15) is 18.4 Å². The summed E-state index contributed by atoms with van der Waals surface area (Å²) in [5.41, 5.74) is 5.98. The molecule has 1 saturated carbocycles. The molecule has 18 heavy (non-hydrogen) atoms. The average Bonchev–Trinajstić information content (AvgIpc) is 3.13. The van der Waals surface area contributed by atoms with Gasteiger partial charge in [-0.2, -0.15) is 8.78 Å². The molecule has 0 atom stereocenters. The van der Waals surface area contributed by atoms with Crippen molar-refractivity contribution < 1.29 is 18.4 Å². The van der Waals surface area contributed by atoms with Crippen molar-refractivity contribution in [2.24, 2.45) is 16.8 Å². The average molecular weight is 256 g/mol. The van der Waals surface area contributed by atoms with Crippen molar-refractivity contribution in [3.05, 3.63) is 29.8 Å². The Morgan fingerprint density at radius 2 is 2.11 bits per heavy atom. The van der Waals surface area contributed by atoms with E-state index in [1.165, 1.54) is 6.07 Å².